The third-order valence-electron chi connectivity index (χ3n) is 3.05. The number of likely N-dealkylation sites (tertiary alicyclic amines) is 1. The summed E-state index contributed by atoms with van der Waals surface area (Å²) in [6.07, 6.45) is 2.18. The summed E-state index contributed by atoms with van der Waals surface area (Å²) >= 11 is 1.68. The van der Waals surface area contributed by atoms with Gasteiger partial charge in [0.25, 0.3) is 0 Å². The lowest BCUT2D eigenvalue weighted by Gasteiger charge is -2.20. The fourth-order valence-corrected chi connectivity index (χ4v) is 2.76. The Morgan fingerprint density at radius 2 is 2.31 bits per heavy atom. The van der Waals surface area contributed by atoms with Crippen LogP contribution < -0.4 is 5.32 Å². The summed E-state index contributed by atoms with van der Waals surface area (Å²) in [5, 5.41) is 13.9. The van der Waals surface area contributed by atoms with Crippen molar-refractivity contribution in [2.24, 2.45) is 0 Å². The first-order valence-corrected chi connectivity index (χ1v) is 6.83. The summed E-state index contributed by atoms with van der Waals surface area (Å²) in [5.41, 5.74) is 0. The average Bonchev–Trinajstić information content (AvgIpc) is 2.87. The van der Waals surface area contributed by atoms with Crippen molar-refractivity contribution in [3.05, 3.63) is 5.01 Å². The number of aryl methyl sites for hydroxylation is 1. The highest BCUT2D eigenvalue weighted by Crippen LogP contribution is 2.20. The maximum Gasteiger partial charge on any atom is 0.205 e. The van der Waals surface area contributed by atoms with Crippen LogP contribution in [0, 0.1) is 0 Å². The van der Waals surface area contributed by atoms with E-state index in [2.05, 4.69) is 41.2 Å². The Labute approximate surface area is 101 Å². The largest absolute Gasteiger partial charge is 0.356 e. The number of nitrogens with zero attached hydrogens (tertiary/aromatic N) is 3. The van der Waals surface area contributed by atoms with Crippen LogP contribution in [0.5, 0.6) is 0 Å². The van der Waals surface area contributed by atoms with Gasteiger partial charge in [0.05, 0.1) is 0 Å². The van der Waals surface area contributed by atoms with E-state index in [-0.39, 0.29) is 0 Å². The topological polar surface area (TPSA) is 41.1 Å². The van der Waals surface area contributed by atoms with Gasteiger partial charge in [-0.3, -0.25) is 4.90 Å². The second-order valence-electron chi connectivity index (χ2n) is 4.57. The molecule has 1 saturated heterocycles. The van der Waals surface area contributed by atoms with Crippen molar-refractivity contribution >= 4 is 16.5 Å². The monoisotopic (exact) mass is 240 g/mol. The van der Waals surface area contributed by atoms with Crippen LogP contribution in [0.1, 0.15) is 32.2 Å². The minimum absolute atomic E-state index is 0.542. The Hall–Kier alpha value is -0.680. The summed E-state index contributed by atoms with van der Waals surface area (Å²) in [7, 11) is 0. The van der Waals surface area contributed by atoms with Crippen molar-refractivity contribution in [2.75, 3.05) is 18.4 Å². The Bertz CT molecular complexity index is 336. The summed E-state index contributed by atoms with van der Waals surface area (Å²) in [6, 6.07) is 1.19. The second kappa shape index (κ2) is 5.10. The van der Waals surface area contributed by atoms with E-state index in [1.54, 1.807) is 11.3 Å². The highest BCUT2D eigenvalue weighted by molar-refractivity contribution is 7.15. The zero-order chi connectivity index (χ0) is 11.5. The van der Waals surface area contributed by atoms with E-state index in [9.17, 15) is 0 Å². The molecule has 0 amide bonds. The molecule has 5 heteroatoms. The zero-order valence-corrected chi connectivity index (χ0v) is 11.0. The first-order valence-electron chi connectivity index (χ1n) is 6.02. The molecular weight excluding hydrogens is 220 g/mol. The van der Waals surface area contributed by atoms with E-state index in [0.29, 0.717) is 12.1 Å². The third kappa shape index (κ3) is 2.71. The molecular formula is C11H20N4S. The van der Waals surface area contributed by atoms with Crippen molar-refractivity contribution in [3.8, 4) is 0 Å². The highest BCUT2D eigenvalue weighted by Gasteiger charge is 2.24. The quantitative estimate of drug-likeness (QED) is 0.874. The van der Waals surface area contributed by atoms with E-state index in [4.69, 9.17) is 0 Å². The Morgan fingerprint density at radius 3 is 2.88 bits per heavy atom. The molecule has 4 nitrogen and oxygen atoms in total. The standard InChI is InChI=1S/C11H20N4S/c1-4-10-13-14-11(16-10)12-9-5-6-15(7-9)8(2)3/h8-9H,4-7H2,1-3H3,(H,12,14). The van der Waals surface area contributed by atoms with Gasteiger partial charge in [0.2, 0.25) is 5.13 Å². The summed E-state index contributed by atoms with van der Waals surface area (Å²) < 4.78 is 0. The number of hydrogen-bond acceptors (Lipinski definition) is 5. The molecule has 1 atom stereocenters. The first kappa shape index (κ1) is 11.8. The van der Waals surface area contributed by atoms with Gasteiger partial charge in [0.15, 0.2) is 0 Å². The van der Waals surface area contributed by atoms with Crippen LogP contribution in [0.15, 0.2) is 0 Å². The number of aromatic nitrogens is 2. The molecule has 0 aromatic carbocycles. The number of hydrogen-bond donors (Lipinski definition) is 1. The molecule has 0 bridgehead atoms. The minimum Gasteiger partial charge on any atom is -0.356 e. The molecule has 0 spiro atoms. The Kier molecular flexibility index (Phi) is 3.76. The molecule has 1 fully saturated rings. The van der Waals surface area contributed by atoms with Crippen LogP contribution in [0.4, 0.5) is 5.13 Å². The summed E-state index contributed by atoms with van der Waals surface area (Å²) in [4.78, 5) is 2.50. The Balaban J connectivity index is 1.87. The molecule has 1 aromatic heterocycles. The predicted octanol–water partition coefficient (Wildman–Crippen LogP) is 2.00. The summed E-state index contributed by atoms with van der Waals surface area (Å²) in [5.74, 6) is 0. The fraction of sp³-hybridized carbons (Fsp3) is 0.818. The third-order valence-corrected chi connectivity index (χ3v) is 4.05. The van der Waals surface area contributed by atoms with Gasteiger partial charge in [-0.15, -0.1) is 10.2 Å². The number of rotatable bonds is 4. The van der Waals surface area contributed by atoms with E-state index >= 15 is 0 Å². The maximum atomic E-state index is 4.16. The van der Waals surface area contributed by atoms with Gasteiger partial charge >= 0.3 is 0 Å². The number of anilines is 1. The molecule has 0 saturated carbocycles. The van der Waals surface area contributed by atoms with Crippen molar-refractivity contribution in [1.29, 1.82) is 0 Å². The SMILES string of the molecule is CCc1nnc(NC2CCN(C(C)C)C2)s1. The zero-order valence-electron chi connectivity index (χ0n) is 10.2. The van der Waals surface area contributed by atoms with Gasteiger partial charge in [-0.2, -0.15) is 0 Å². The van der Waals surface area contributed by atoms with Gasteiger partial charge < -0.3 is 5.32 Å². The van der Waals surface area contributed by atoms with Crippen molar-refractivity contribution in [1.82, 2.24) is 15.1 Å². The molecule has 1 aliphatic rings. The van der Waals surface area contributed by atoms with Crippen LogP contribution in [0.25, 0.3) is 0 Å². The van der Waals surface area contributed by atoms with Crippen LogP contribution >= 0.6 is 11.3 Å². The minimum atomic E-state index is 0.542. The second-order valence-corrected chi connectivity index (χ2v) is 5.64. The van der Waals surface area contributed by atoms with Crippen molar-refractivity contribution in [2.45, 2.75) is 45.7 Å². The lowest BCUT2D eigenvalue weighted by Crippen LogP contribution is -2.31. The van der Waals surface area contributed by atoms with E-state index in [0.717, 1.165) is 23.1 Å². The maximum absolute atomic E-state index is 4.16. The van der Waals surface area contributed by atoms with Gasteiger partial charge in [0, 0.05) is 25.2 Å². The van der Waals surface area contributed by atoms with Crippen LogP contribution in [0.3, 0.4) is 0 Å². The summed E-state index contributed by atoms with van der Waals surface area (Å²) in [6.45, 7) is 8.93. The molecule has 2 heterocycles. The first-order chi connectivity index (χ1) is 7.69. The van der Waals surface area contributed by atoms with Crippen LogP contribution in [-0.2, 0) is 6.42 Å². The van der Waals surface area contributed by atoms with E-state index < -0.39 is 0 Å². The fourth-order valence-electron chi connectivity index (χ4n) is 2.00. The smallest absolute Gasteiger partial charge is 0.205 e. The van der Waals surface area contributed by atoms with Gasteiger partial charge in [-0.1, -0.05) is 18.3 Å². The molecule has 1 unspecified atom stereocenters. The average molecular weight is 240 g/mol. The molecule has 16 heavy (non-hydrogen) atoms. The lowest BCUT2D eigenvalue weighted by molar-refractivity contribution is 0.274. The molecule has 0 aliphatic carbocycles. The van der Waals surface area contributed by atoms with Gasteiger partial charge in [0.1, 0.15) is 5.01 Å². The molecule has 0 radical (unpaired) electrons. The highest BCUT2D eigenvalue weighted by atomic mass is 32.1. The molecule has 1 aromatic rings. The predicted molar refractivity (Wildman–Crippen MR) is 68.0 cm³/mol. The molecule has 90 valence electrons. The normalized spacial score (nSPS) is 21.9. The van der Waals surface area contributed by atoms with E-state index in [1.807, 2.05) is 0 Å². The van der Waals surface area contributed by atoms with Crippen LogP contribution in [0.2, 0.25) is 0 Å². The lowest BCUT2D eigenvalue weighted by atomic mass is 10.3. The van der Waals surface area contributed by atoms with Gasteiger partial charge in [-0.25, -0.2) is 0 Å². The van der Waals surface area contributed by atoms with E-state index in [1.165, 1.54) is 13.0 Å². The number of nitrogens with one attached hydrogen (secondary N) is 1. The van der Waals surface area contributed by atoms with Gasteiger partial charge in [-0.05, 0) is 26.7 Å². The molecule has 1 aliphatic heterocycles. The van der Waals surface area contributed by atoms with Crippen molar-refractivity contribution < 1.29 is 0 Å². The Morgan fingerprint density at radius 1 is 1.50 bits per heavy atom. The van der Waals surface area contributed by atoms with Crippen LogP contribution in [-0.4, -0.2) is 40.3 Å². The van der Waals surface area contributed by atoms with Crippen molar-refractivity contribution in [3.63, 3.8) is 0 Å². The molecule has 2 rings (SSSR count). The molecule has 1 N–H and O–H groups in total.